The van der Waals surface area contributed by atoms with Crippen LogP contribution < -0.4 is 10.1 Å². The van der Waals surface area contributed by atoms with Gasteiger partial charge in [0.05, 0.1) is 21.6 Å². The van der Waals surface area contributed by atoms with Crippen LogP contribution >= 0.6 is 11.8 Å². The molecule has 1 saturated carbocycles. The largest absolute Gasteiger partial charge is 0.490 e. The Morgan fingerprint density at radius 3 is 2.91 bits per heavy atom. The predicted octanol–water partition coefficient (Wildman–Crippen LogP) is 4.13. The highest BCUT2D eigenvalue weighted by atomic mass is 32.2. The molecule has 1 aromatic heterocycles. The molecule has 6 nitrogen and oxygen atoms in total. The highest BCUT2D eigenvalue weighted by Crippen LogP contribution is 2.45. The second-order valence-electron chi connectivity index (χ2n) is 5.35. The Labute approximate surface area is 131 Å². The summed E-state index contributed by atoms with van der Waals surface area (Å²) < 4.78 is 5.90. The molecule has 0 saturated heterocycles. The first kappa shape index (κ1) is 13.4. The molecule has 0 spiro atoms. The summed E-state index contributed by atoms with van der Waals surface area (Å²) in [6.07, 6.45) is 5.05. The summed E-state index contributed by atoms with van der Waals surface area (Å²) in [6, 6.07) is 7.43. The van der Waals surface area contributed by atoms with Crippen LogP contribution in [-0.4, -0.2) is 16.0 Å². The van der Waals surface area contributed by atoms with E-state index in [1.165, 1.54) is 24.4 Å². The molecule has 1 aromatic carbocycles. The van der Waals surface area contributed by atoms with Crippen molar-refractivity contribution in [1.29, 1.82) is 0 Å². The third kappa shape index (κ3) is 2.37. The SMILES string of the molecule is O=[N+]([O-])c1cnc2c(c1)Sc1cc(OC3CCC3)ccc1N2. The number of fused-ring (bicyclic) bond motifs is 2. The molecule has 0 atom stereocenters. The molecule has 0 bridgehead atoms. The number of nitrogens with one attached hydrogen (secondary N) is 1. The molecule has 7 heteroatoms. The summed E-state index contributed by atoms with van der Waals surface area (Å²) in [6.45, 7) is 0. The van der Waals surface area contributed by atoms with Crippen LogP contribution in [0.2, 0.25) is 0 Å². The van der Waals surface area contributed by atoms with Gasteiger partial charge < -0.3 is 10.1 Å². The topological polar surface area (TPSA) is 77.3 Å². The zero-order valence-corrected chi connectivity index (χ0v) is 12.4. The van der Waals surface area contributed by atoms with Crippen molar-refractivity contribution in [2.24, 2.45) is 0 Å². The van der Waals surface area contributed by atoms with Crippen molar-refractivity contribution >= 4 is 29.0 Å². The first-order valence-electron chi connectivity index (χ1n) is 7.09. The Morgan fingerprint density at radius 1 is 1.32 bits per heavy atom. The fraction of sp³-hybridized carbons (Fsp3) is 0.267. The van der Waals surface area contributed by atoms with Gasteiger partial charge in [0.2, 0.25) is 0 Å². The molecular formula is C15H13N3O3S. The van der Waals surface area contributed by atoms with Gasteiger partial charge in [0.15, 0.2) is 0 Å². The normalized spacial score (nSPS) is 16.0. The number of nitrogens with zero attached hydrogens (tertiary/aromatic N) is 2. The molecule has 1 aliphatic heterocycles. The maximum absolute atomic E-state index is 10.9. The van der Waals surface area contributed by atoms with E-state index >= 15 is 0 Å². The van der Waals surface area contributed by atoms with Crippen LogP contribution in [0.25, 0.3) is 0 Å². The Morgan fingerprint density at radius 2 is 2.18 bits per heavy atom. The average molecular weight is 315 g/mol. The molecule has 112 valence electrons. The summed E-state index contributed by atoms with van der Waals surface area (Å²) in [5.74, 6) is 1.50. The summed E-state index contributed by atoms with van der Waals surface area (Å²) in [5.41, 5.74) is 0.943. The van der Waals surface area contributed by atoms with Crippen LogP contribution in [0.5, 0.6) is 5.75 Å². The number of hydrogen-bond acceptors (Lipinski definition) is 6. The van der Waals surface area contributed by atoms with Crippen LogP contribution in [0.3, 0.4) is 0 Å². The van der Waals surface area contributed by atoms with Crippen LogP contribution in [0.1, 0.15) is 19.3 Å². The molecule has 22 heavy (non-hydrogen) atoms. The van der Waals surface area contributed by atoms with Gasteiger partial charge in [-0.15, -0.1) is 0 Å². The summed E-state index contributed by atoms with van der Waals surface area (Å²) in [7, 11) is 0. The summed E-state index contributed by atoms with van der Waals surface area (Å²) in [4.78, 5) is 16.3. The molecule has 0 radical (unpaired) electrons. The quantitative estimate of drug-likeness (QED) is 0.578. The lowest BCUT2D eigenvalue weighted by molar-refractivity contribution is -0.385. The lowest BCUT2D eigenvalue weighted by atomic mass is 9.96. The number of pyridine rings is 1. The van der Waals surface area contributed by atoms with E-state index in [2.05, 4.69) is 10.3 Å². The van der Waals surface area contributed by atoms with E-state index < -0.39 is 4.92 Å². The maximum Gasteiger partial charge on any atom is 0.288 e. The van der Waals surface area contributed by atoms with Crippen LogP contribution in [-0.2, 0) is 0 Å². The molecule has 2 heterocycles. The number of ether oxygens (including phenoxy) is 1. The minimum Gasteiger partial charge on any atom is -0.490 e. The van der Waals surface area contributed by atoms with E-state index in [-0.39, 0.29) is 5.69 Å². The fourth-order valence-corrected chi connectivity index (χ4v) is 3.42. The van der Waals surface area contributed by atoms with Gasteiger partial charge >= 0.3 is 0 Å². The van der Waals surface area contributed by atoms with Crippen molar-refractivity contribution in [3.05, 3.63) is 40.6 Å². The van der Waals surface area contributed by atoms with E-state index in [1.807, 2.05) is 18.2 Å². The molecule has 2 aromatic rings. The highest BCUT2D eigenvalue weighted by molar-refractivity contribution is 7.99. The Balaban J connectivity index is 1.62. The molecule has 1 N–H and O–H groups in total. The predicted molar refractivity (Wildman–Crippen MR) is 83.0 cm³/mol. The minimum atomic E-state index is -0.431. The van der Waals surface area contributed by atoms with Crippen molar-refractivity contribution < 1.29 is 9.66 Å². The Kier molecular flexibility index (Phi) is 3.15. The van der Waals surface area contributed by atoms with Crippen LogP contribution in [0.4, 0.5) is 17.2 Å². The number of anilines is 2. The van der Waals surface area contributed by atoms with E-state index in [1.54, 1.807) is 6.07 Å². The van der Waals surface area contributed by atoms with Crippen molar-refractivity contribution in [2.45, 2.75) is 35.2 Å². The van der Waals surface area contributed by atoms with Crippen molar-refractivity contribution in [2.75, 3.05) is 5.32 Å². The number of nitro groups is 1. The summed E-state index contributed by atoms with van der Waals surface area (Å²) >= 11 is 1.47. The number of benzene rings is 1. The standard InChI is InChI=1S/C15H13N3O3S/c19-18(20)9-6-14-15(16-8-9)17-12-5-4-11(7-13(12)22-14)21-10-2-1-3-10/h4-8,10H,1-3H2,(H,16,17). The van der Waals surface area contributed by atoms with E-state index in [0.29, 0.717) is 11.9 Å². The van der Waals surface area contributed by atoms with Gasteiger partial charge in [-0.1, -0.05) is 11.8 Å². The van der Waals surface area contributed by atoms with Gasteiger partial charge in [-0.25, -0.2) is 4.98 Å². The zero-order valence-electron chi connectivity index (χ0n) is 11.6. The van der Waals surface area contributed by atoms with Crippen molar-refractivity contribution in [3.8, 4) is 5.75 Å². The molecule has 1 aliphatic carbocycles. The molecule has 0 amide bonds. The third-order valence-electron chi connectivity index (χ3n) is 3.83. The average Bonchev–Trinajstić information content (AvgIpc) is 2.48. The number of hydrogen-bond donors (Lipinski definition) is 1. The smallest absolute Gasteiger partial charge is 0.288 e. The third-order valence-corrected chi connectivity index (χ3v) is 4.92. The van der Waals surface area contributed by atoms with Crippen LogP contribution in [0, 0.1) is 10.1 Å². The Hall–Kier alpha value is -2.28. The van der Waals surface area contributed by atoms with Gasteiger partial charge in [0.25, 0.3) is 5.69 Å². The first-order chi connectivity index (χ1) is 10.7. The highest BCUT2D eigenvalue weighted by Gasteiger charge is 2.22. The van der Waals surface area contributed by atoms with Gasteiger partial charge in [-0.2, -0.15) is 0 Å². The van der Waals surface area contributed by atoms with E-state index in [0.717, 1.165) is 34.1 Å². The molecular weight excluding hydrogens is 302 g/mol. The second kappa shape index (κ2) is 5.17. The lowest BCUT2D eigenvalue weighted by Crippen LogP contribution is -2.24. The molecule has 4 rings (SSSR count). The van der Waals surface area contributed by atoms with Gasteiger partial charge in [0.1, 0.15) is 17.8 Å². The van der Waals surface area contributed by atoms with Crippen molar-refractivity contribution in [1.82, 2.24) is 4.98 Å². The van der Waals surface area contributed by atoms with Gasteiger partial charge in [0, 0.05) is 11.0 Å². The van der Waals surface area contributed by atoms with E-state index in [9.17, 15) is 10.1 Å². The van der Waals surface area contributed by atoms with Gasteiger partial charge in [-0.05, 0) is 37.5 Å². The molecule has 2 aliphatic rings. The monoisotopic (exact) mass is 315 g/mol. The first-order valence-corrected chi connectivity index (χ1v) is 7.91. The molecule has 1 fully saturated rings. The lowest BCUT2D eigenvalue weighted by Gasteiger charge is -2.27. The zero-order chi connectivity index (χ0) is 15.1. The Bertz CT molecular complexity index is 762. The van der Waals surface area contributed by atoms with E-state index in [4.69, 9.17) is 4.74 Å². The van der Waals surface area contributed by atoms with Crippen LogP contribution in [0.15, 0.2) is 40.3 Å². The van der Waals surface area contributed by atoms with Crippen molar-refractivity contribution in [3.63, 3.8) is 0 Å². The fourth-order valence-electron chi connectivity index (χ4n) is 2.40. The number of rotatable bonds is 3. The second-order valence-corrected chi connectivity index (χ2v) is 6.44. The maximum atomic E-state index is 10.9. The van der Waals surface area contributed by atoms with Gasteiger partial charge in [-0.3, -0.25) is 10.1 Å². The molecule has 0 unspecified atom stereocenters. The number of aromatic nitrogens is 1. The minimum absolute atomic E-state index is 0.00151. The summed E-state index contributed by atoms with van der Waals surface area (Å²) in [5, 5.41) is 14.1.